The fraction of sp³-hybridized carbons (Fsp3) is 0.500. The SMILES string of the molecule is CS(=O)(=O)N1CCc2cc(C(=O)N3CCC[C@H](C(=O)O)C3)ccc21. The Morgan fingerprint density at radius 2 is 2.00 bits per heavy atom. The van der Waals surface area contributed by atoms with Crippen LogP contribution in [0.15, 0.2) is 18.2 Å². The second-order valence-electron chi connectivity index (χ2n) is 6.36. The van der Waals surface area contributed by atoms with Crippen LogP contribution in [0.2, 0.25) is 0 Å². The van der Waals surface area contributed by atoms with Crippen LogP contribution in [0.4, 0.5) is 5.69 Å². The van der Waals surface area contributed by atoms with Gasteiger partial charge in [0.1, 0.15) is 0 Å². The molecule has 1 atom stereocenters. The van der Waals surface area contributed by atoms with Gasteiger partial charge in [-0.15, -0.1) is 0 Å². The van der Waals surface area contributed by atoms with E-state index in [9.17, 15) is 18.0 Å². The molecule has 1 saturated heterocycles. The van der Waals surface area contributed by atoms with Gasteiger partial charge in [0.15, 0.2) is 0 Å². The lowest BCUT2D eigenvalue weighted by Gasteiger charge is -2.30. The summed E-state index contributed by atoms with van der Waals surface area (Å²) in [4.78, 5) is 25.4. The average molecular weight is 352 g/mol. The van der Waals surface area contributed by atoms with Gasteiger partial charge in [0.05, 0.1) is 17.9 Å². The highest BCUT2D eigenvalue weighted by atomic mass is 32.2. The van der Waals surface area contributed by atoms with E-state index in [0.29, 0.717) is 43.6 Å². The van der Waals surface area contributed by atoms with Crippen LogP contribution in [-0.2, 0) is 21.2 Å². The van der Waals surface area contributed by atoms with Gasteiger partial charge in [-0.25, -0.2) is 8.42 Å². The van der Waals surface area contributed by atoms with Crippen molar-refractivity contribution in [3.8, 4) is 0 Å². The van der Waals surface area contributed by atoms with Gasteiger partial charge in [0, 0.05) is 25.2 Å². The third-order valence-electron chi connectivity index (χ3n) is 4.64. The molecule has 0 unspecified atom stereocenters. The lowest BCUT2D eigenvalue weighted by molar-refractivity contribution is -0.143. The van der Waals surface area contributed by atoms with Crippen LogP contribution in [0.5, 0.6) is 0 Å². The number of hydrogen-bond donors (Lipinski definition) is 1. The van der Waals surface area contributed by atoms with Crippen LogP contribution >= 0.6 is 0 Å². The van der Waals surface area contributed by atoms with Crippen molar-refractivity contribution >= 4 is 27.6 Å². The van der Waals surface area contributed by atoms with E-state index in [1.807, 2.05) is 0 Å². The molecule has 1 N–H and O–H groups in total. The molecule has 2 aliphatic heterocycles. The number of anilines is 1. The number of rotatable bonds is 3. The average Bonchev–Trinajstić information content (AvgIpc) is 2.97. The van der Waals surface area contributed by atoms with E-state index in [1.54, 1.807) is 23.1 Å². The monoisotopic (exact) mass is 352 g/mol. The quantitative estimate of drug-likeness (QED) is 0.874. The molecular weight excluding hydrogens is 332 g/mol. The lowest BCUT2D eigenvalue weighted by atomic mass is 9.97. The highest BCUT2D eigenvalue weighted by Gasteiger charge is 2.30. The number of fused-ring (bicyclic) bond motifs is 1. The zero-order chi connectivity index (χ0) is 17.5. The number of carbonyl (C=O) groups excluding carboxylic acids is 1. The Balaban J connectivity index is 1.81. The van der Waals surface area contributed by atoms with Crippen LogP contribution in [-0.4, -0.2) is 56.2 Å². The summed E-state index contributed by atoms with van der Waals surface area (Å²) >= 11 is 0. The van der Waals surface area contributed by atoms with Crippen molar-refractivity contribution in [2.75, 3.05) is 30.2 Å². The van der Waals surface area contributed by atoms with Crippen molar-refractivity contribution in [3.63, 3.8) is 0 Å². The smallest absolute Gasteiger partial charge is 0.308 e. The normalized spacial score (nSPS) is 20.8. The summed E-state index contributed by atoms with van der Waals surface area (Å²) in [7, 11) is -3.31. The molecule has 3 rings (SSSR count). The Bertz CT molecular complexity index is 790. The van der Waals surface area contributed by atoms with Crippen molar-refractivity contribution < 1.29 is 23.1 Å². The van der Waals surface area contributed by atoms with Crippen molar-refractivity contribution in [3.05, 3.63) is 29.3 Å². The predicted molar refractivity (Wildman–Crippen MR) is 88.6 cm³/mol. The molecule has 0 spiro atoms. The highest BCUT2D eigenvalue weighted by Crippen LogP contribution is 2.31. The molecule has 2 aliphatic rings. The third-order valence-corrected chi connectivity index (χ3v) is 5.82. The number of sulfonamides is 1. The van der Waals surface area contributed by atoms with Crippen LogP contribution in [0.25, 0.3) is 0 Å². The number of piperidine rings is 1. The third kappa shape index (κ3) is 3.10. The number of aliphatic carboxylic acids is 1. The number of nitrogens with zero attached hydrogens (tertiary/aromatic N) is 2. The van der Waals surface area contributed by atoms with Gasteiger partial charge in [0.25, 0.3) is 5.91 Å². The van der Waals surface area contributed by atoms with Crippen LogP contribution in [0.1, 0.15) is 28.8 Å². The zero-order valence-electron chi connectivity index (χ0n) is 13.4. The Kier molecular flexibility index (Phi) is 4.25. The summed E-state index contributed by atoms with van der Waals surface area (Å²) in [5, 5.41) is 9.14. The summed E-state index contributed by atoms with van der Waals surface area (Å²) in [6.07, 6.45) is 3.00. The first kappa shape index (κ1) is 16.8. The van der Waals surface area contributed by atoms with Gasteiger partial charge < -0.3 is 10.0 Å². The van der Waals surface area contributed by atoms with E-state index in [4.69, 9.17) is 5.11 Å². The van der Waals surface area contributed by atoms with Crippen molar-refractivity contribution in [2.24, 2.45) is 5.92 Å². The number of benzene rings is 1. The van der Waals surface area contributed by atoms with Gasteiger partial charge in [-0.2, -0.15) is 0 Å². The molecule has 24 heavy (non-hydrogen) atoms. The molecule has 0 aliphatic carbocycles. The number of carbonyl (C=O) groups is 2. The van der Waals surface area contributed by atoms with Crippen molar-refractivity contribution in [1.29, 1.82) is 0 Å². The zero-order valence-corrected chi connectivity index (χ0v) is 14.3. The lowest BCUT2D eigenvalue weighted by Crippen LogP contribution is -2.42. The van der Waals surface area contributed by atoms with Crippen LogP contribution in [0.3, 0.4) is 0 Å². The van der Waals surface area contributed by atoms with E-state index in [-0.39, 0.29) is 12.5 Å². The second-order valence-corrected chi connectivity index (χ2v) is 8.26. The number of carboxylic acids is 1. The van der Waals surface area contributed by atoms with Crippen molar-refractivity contribution in [2.45, 2.75) is 19.3 Å². The molecule has 1 fully saturated rings. The Labute approximate surface area is 140 Å². The van der Waals surface area contributed by atoms with Gasteiger partial charge in [0.2, 0.25) is 10.0 Å². The molecule has 8 heteroatoms. The number of amides is 1. The summed E-state index contributed by atoms with van der Waals surface area (Å²) in [6.45, 7) is 1.16. The molecule has 1 aromatic carbocycles. The summed E-state index contributed by atoms with van der Waals surface area (Å²) in [6, 6.07) is 5.01. The van der Waals surface area contributed by atoms with E-state index >= 15 is 0 Å². The van der Waals surface area contributed by atoms with Gasteiger partial charge >= 0.3 is 5.97 Å². The molecule has 130 valence electrons. The fourth-order valence-electron chi connectivity index (χ4n) is 3.39. The minimum Gasteiger partial charge on any atom is -0.481 e. The summed E-state index contributed by atoms with van der Waals surface area (Å²) < 4.78 is 24.9. The second kappa shape index (κ2) is 6.08. The van der Waals surface area contributed by atoms with Gasteiger partial charge in [-0.3, -0.25) is 13.9 Å². The fourth-order valence-corrected chi connectivity index (χ4v) is 4.35. The first-order valence-corrected chi connectivity index (χ1v) is 9.75. The van der Waals surface area contributed by atoms with Crippen LogP contribution in [0, 0.1) is 5.92 Å². The molecule has 7 nitrogen and oxygen atoms in total. The molecule has 0 aromatic heterocycles. The molecule has 0 bridgehead atoms. The summed E-state index contributed by atoms with van der Waals surface area (Å²) in [5.74, 6) is -1.58. The predicted octanol–water partition coefficient (Wildman–Crippen LogP) is 0.945. The van der Waals surface area contributed by atoms with E-state index in [1.165, 1.54) is 10.6 Å². The minimum absolute atomic E-state index is 0.193. The molecule has 2 heterocycles. The Morgan fingerprint density at radius 3 is 2.67 bits per heavy atom. The first-order valence-electron chi connectivity index (χ1n) is 7.90. The van der Waals surface area contributed by atoms with Crippen LogP contribution < -0.4 is 4.31 Å². The highest BCUT2D eigenvalue weighted by molar-refractivity contribution is 7.92. The summed E-state index contributed by atoms with van der Waals surface area (Å²) in [5.41, 5.74) is 1.93. The van der Waals surface area contributed by atoms with E-state index in [0.717, 1.165) is 5.56 Å². The number of carboxylic acid groups (broad SMARTS) is 1. The molecular formula is C16H20N2O5S. The number of likely N-dealkylation sites (tertiary alicyclic amines) is 1. The van der Waals surface area contributed by atoms with E-state index in [2.05, 4.69) is 0 Å². The Hall–Kier alpha value is -2.09. The maximum absolute atomic E-state index is 12.6. The Morgan fingerprint density at radius 1 is 1.25 bits per heavy atom. The minimum atomic E-state index is -3.31. The van der Waals surface area contributed by atoms with Gasteiger partial charge in [-0.1, -0.05) is 0 Å². The largest absolute Gasteiger partial charge is 0.481 e. The molecule has 1 aromatic rings. The number of hydrogen-bond acceptors (Lipinski definition) is 4. The van der Waals surface area contributed by atoms with Gasteiger partial charge in [-0.05, 0) is 43.0 Å². The first-order chi connectivity index (χ1) is 11.3. The topological polar surface area (TPSA) is 95.0 Å². The standard InChI is InChI=1S/C16H20N2O5S/c1-24(22,23)18-8-6-11-9-12(4-5-14(11)18)15(19)17-7-2-3-13(10-17)16(20)21/h4-5,9,13H,2-3,6-8,10H2,1H3,(H,20,21)/t13-/m0/s1. The molecule has 0 radical (unpaired) electrons. The maximum atomic E-state index is 12.6. The van der Waals surface area contributed by atoms with Crippen molar-refractivity contribution in [1.82, 2.24) is 4.90 Å². The molecule has 1 amide bonds. The van der Waals surface area contributed by atoms with E-state index < -0.39 is 21.9 Å². The molecule has 0 saturated carbocycles. The maximum Gasteiger partial charge on any atom is 0.308 e.